The van der Waals surface area contributed by atoms with Gasteiger partial charge in [0.25, 0.3) is 0 Å². The highest BCUT2D eigenvalue weighted by Crippen LogP contribution is 2.27. The van der Waals surface area contributed by atoms with Gasteiger partial charge in [0.1, 0.15) is 11.5 Å². The maximum atomic E-state index is 13.0. The third kappa shape index (κ3) is 4.33. The van der Waals surface area contributed by atoms with Crippen LogP contribution >= 0.6 is 0 Å². The van der Waals surface area contributed by atoms with Crippen LogP contribution in [-0.4, -0.2) is 38.8 Å². The van der Waals surface area contributed by atoms with E-state index in [1.54, 1.807) is 50.6 Å². The summed E-state index contributed by atoms with van der Waals surface area (Å²) in [6.07, 6.45) is 2.86. The number of carbonyl (C=O) groups excluding carboxylic acids is 1. The van der Waals surface area contributed by atoms with E-state index in [1.807, 2.05) is 0 Å². The number of aryl methyl sites for hydroxylation is 1. The first-order valence-corrected chi connectivity index (χ1v) is 10.3. The van der Waals surface area contributed by atoms with Crippen molar-refractivity contribution in [3.8, 4) is 5.75 Å². The van der Waals surface area contributed by atoms with E-state index in [1.165, 1.54) is 4.31 Å². The molecule has 7 nitrogen and oxygen atoms in total. The zero-order valence-electron chi connectivity index (χ0n) is 15.5. The summed E-state index contributed by atoms with van der Waals surface area (Å²) in [6, 6.07) is 8.34. The summed E-state index contributed by atoms with van der Waals surface area (Å²) in [6.45, 7) is 2.69. The Morgan fingerprint density at radius 2 is 2.19 bits per heavy atom. The largest absolute Gasteiger partial charge is 0.496 e. The Balaban J connectivity index is 1.69. The Bertz CT molecular complexity index is 893. The van der Waals surface area contributed by atoms with E-state index >= 15 is 0 Å². The van der Waals surface area contributed by atoms with E-state index in [9.17, 15) is 13.2 Å². The van der Waals surface area contributed by atoms with E-state index in [0.717, 1.165) is 5.56 Å². The van der Waals surface area contributed by atoms with E-state index in [0.29, 0.717) is 37.4 Å². The van der Waals surface area contributed by atoms with Crippen molar-refractivity contribution in [3.05, 3.63) is 47.9 Å². The fraction of sp³-hybridized carbons (Fsp3) is 0.421. The maximum Gasteiger partial charge on any atom is 0.243 e. The van der Waals surface area contributed by atoms with E-state index < -0.39 is 10.0 Å². The zero-order valence-corrected chi connectivity index (χ0v) is 16.3. The Kier molecular flexibility index (Phi) is 5.86. The van der Waals surface area contributed by atoms with Gasteiger partial charge in [-0.25, -0.2) is 8.42 Å². The van der Waals surface area contributed by atoms with Crippen LogP contribution in [0.25, 0.3) is 0 Å². The van der Waals surface area contributed by atoms with Gasteiger partial charge in [-0.3, -0.25) is 4.79 Å². The summed E-state index contributed by atoms with van der Waals surface area (Å²) in [4.78, 5) is 12.7. The lowest BCUT2D eigenvalue weighted by atomic mass is 9.99. The van der Waals surface area contributed by atoms with Crippen LogP contribution in [0, 0.1) is 12.8 Å². The predicted octanol–water partition coefficient (Wildman–Crippen LogP) is 2.31. The highest BCUT2D eigenvalue weighted by Gasteiger charge is 2.33. The minimum absolute atomic E-state index is 0.155. The van der Waals surface area contributed by atoms with Crippen LogP contribution < -0.4 is 10.1 Å². The third-order valence-corrected chi connectivity index (χ3v) is 6.64. The number of piperidine rings is 1. The number of sulfonamides is 1. The van der Waals surface area contributed by atoms with Crippen molar-refractivity contribution in [2.45, 2.75) is 31.2 Å². The van der Waals surface area contributed by atoms with Crippen LogP contribution in [0.1, 0.15) is 24.2 Å². The molecule has 1 amide bonds. The minimum Gasteiger partial charge on any atom is -0.496 e. The summed E-state index contributed by atoms with van der Waals surface area (Å²) in [5.74, 6) is 0.778. The monoisotopic (exact) mass is 392 g/mol. The van der Waals surface area contributed by atoms with Gasteiger partial charge in [0.15, 0.2) is 0 Å². The highest BCUT2D eigenvalue weighted by molar-refractivity contribution is 7.89. The summed E-state index contributed by atoms with van der Waals surface area (Å²) in [5, 5.41) is 2.82. The molecule has 1 fully saturated rings. The van der Waals surface area contributed by atoms with Gasteiger partial charge in [-0.05, 0) is 55.7 Å². The summed E-state index contributed by atoms with van der Waals surface area (Å²) >= 11 is 0. The number of hydrogen-bond acceptors (Lipinski definition) is 5. The molecule has 1 aromatic heterocycles. The third-order valence-electron chi connectivity index (χ3n) is 4.78. The average Bonchev–Trinajstić information content (AvgIpc) is 3.19. The molecule has 3 rings (SSSR count). The lowest BCUT2D eigenvalue weighted by molar-refractivity contribution is -0.126. The van der Waals surface area contributed by atoms with Crippen LogP contribution in [0.4, 0.5) is 0 Å². The van der Waals surface area contributed by atoms with Gasteiger partial charge in [0.05, 0.1) is 30.7 Å². The normalized spacial score (nSPS) is 18.2. The molecule has 1 saturated heterocycles. The Labute approximate surface area is 159 Å². The topological polar surface area (TPSA) is 88.9 Å². The standard InChI is InChI=1S/C19H24N2O5S/c1-14-11-17(7-8-18(14)25-2)27(23,24)21-9-3-5-15(13-21)19(22)20-12-16-6-4-10-26-16/h4,6-8,10-11,15H,3,5,9,12-13H2,1-2H3,(H,20,22). The van der Waals surface area contributed by atoms with Crippen LogP contribution in [0.5, 0.6) is 5.75 Å². The molecule has 1 N–H and O–H groups in total. The van der Waals surface area contributed by atoms with Crippen LogP contribution in [-0.2, 0) is 21.4 Å². The fourth-order valence-corrected chi connectivity index (χ4v) is 4.88. The molecule has 1 aromatic carbocycles. The molecule has 1 aliphatic heterocycles. The number of rotatable bonds is 6. The van der Waals surface area contributed by atoms with Gasteiger partial charge in [0, 0.05) is 13.1 Å². The van der Waals surface area contributed by atoms with E-state index in [2.05, 4.69) is 5.32 Å². The number of carbonyl (C=O) groups is 1. The van der Waals surface area contributed by atoms with Crippen molar-refractivity contribution in [3.63, 3.8) is 0 Å². The molecule has 27 heavy (non-hydrogen) atoms. The highest BCUT2D eigenvalue weighted by atomic mass is 32.2. The van der Waals surface area contributed by atoms with Gasteiger partial charge in [-0.15, -0.1) is 0 Å². The zero-order chi connectivity index (χ0) is 19.4. The quantitative estimate of drug-likeness (QED) is 0.815. The summed E-state index contributed by atoms with van der Waals surface area (Å²) in [7, 11) is -2.11. The molecule has 1 atom stereocenters. The Hall–Kier alpha value is -2.32. The fourth-order valence-electron chi connectivity index (χ4n) is 3.27. The molecular weight excluding hydrogens is 368 g/mol. The lowest BCUT2D eigenvalue weighted by Crippen LogP contribution is -2.45. The SMILES string of the molecule is COc1ccc(S(=O)(=O)N2CCCC(C(=O)NCc3ccco3)C2)cc1C. The number of methoxy groups -OCH3 is 1. The van der Waals surface area contributed by atoms with Gasteiger partial charge in [0.2, 0.25) is 15.9 Å². The molecule has 0 bridgehead atoms. The molecule has 1 unspecified atom stereocenters. The van der Waals surface area contributed by atoms with Crippen molar-refractivity contribution in [2.24, 2.45) is 5.92 Å². The Morgan fingerprint density at radius 1 is 1.37 bits per heavy atom. The van der Waals surface area contributed by atoms with Crippen molar-refractivity contribution in [1.82, 2.24) is 9.62 Å². The molecule has 146 valence electrons. The average molecular weight is 392 g/mol. The summed E-state index contributed by atoms with van der Waals surface area (Å²) < 4.78 is 37.8. The van der Waals surface area contributed by atoms with Crippen LogP contribution in [0.2, 0.25) is 0 Å². The first-order chi connectivity index (χ1) is 12.9. The second kappa shape index (κ2) is 8.14. The molecule has 0 saturated carbocycles. The lowest BCUT2D eigenvalue weighted by Gasteiger charge is -2.31. The van der Waals surface area contributed by atoms with Crippen molar-refractivity contribution < 1.29 is 22.4 Å². The molecule has 2 heterocycles. The second-order valence-corrected chi connectivity index (χ2v) is 8.57. The summed E-state index contributed by atoms with van der Waals surface area (Å²) in [5.41, 5.74) is 0.753. The van der Waals surface area contributed by atoms with Crippen molar-refractivity contribution in [1.29, 1.82) is 0 Å². The van der Waals surface area contributed by atoms with Crippen LogP contribution in [0.15, 0.2) is 45.9 Å². The molecule has 8 heteroatoms. The van der Waals surface area contributed by atoms with Gasteiger partial charge >= 0.3 is 0 Å². The predicted molar refractivity (Wildman–Crippen MR) is 99.8 cm³/mol. The Morgan fingerprint density at radius 3 is 2.85 bits per heavy atom. The van der Waals surface area contributed by atoms with E-state index in [4.69, 9.17) is 9.15 Å². The van der Waals surface area contributed by atoms with Crippen molar-refractivity contribution >= 4 is 15.9 Å². The number of nitrogens with one attached hydrogen (secondary N) is 1. The molecular formula is C19H24N2O5S. The molecule has 0 spiro atoms. The van der Waals surface area contributed by atoms with Gasteiger partial charge in [-0.1, -0.05) is 0 Å². The van der Waals surface area contributed by atoms with Gasteiger partial charge < -0.3 is 14.5 Å². The molecule has 2 aromatic rings. The minimum atomic E-state index is -3.65. The molecule has 1 aliphatic rings. The number of hydrogen-bond donors (Lipinski definition) is 1. The second-order valence-electron chi connectivity index (χ2n) is 6.63. The smallest absolute Gasteiger partial charge is 0.243 e. The first kappa shape index (κ1) is 19.4. The first-order valence-electron chi connectivity index (χ1n) is 8.86. The number of ether oxygens (including phenoxy) is 1. The maximum absolute atomic E-state index is 13.0. The number of amides is 1. The number of furan rings is 1. The van der Waals surface area contributed by atoms with E-state index in [-0.39, 0.29) is 23.3 Å². The van der Waals surface area contributed by atoms with Gasteiger partial charge in [-0.2, -0.15) is 4.31 Å². The molecule has 0 radical (unpaired) electrons. The molecule has 0 aliphatic carbocycles. The van der Waals surface area contributed by atoms with Crippen molar-refractivity contribution in [2.75, 3.05) is 20.2 Å². The van der Waals surface area contributed by atoms with Crippen LogP contribution in [0.3, 0.4) is 0 Å². The number of nitrogens with zero attached hydrogens (tertiary/aromatic N) is 1. The number of benzene rings is 1.